The fraction of sp³-hybridized carbons (Fsp3) is 0.381. The van der Waals surface area contributed by atoms with Gasteiger partial charge in [-0.3, -0.25) is 0 Å². The van der Waals surface area contributed by atoms with Crippen LogP contribution in [0.15, 0.2) is 36.4 Å². The molecule has 3 rings (SSSR count). The number of halogens is 1. The minimum atomic E-state index is 0.351. The van der Waals surface area contributed by atoms with Crippen LogP contribution in [0.3, 0.4) is 0 Å². The molecule has 0 saturated carbocycles. The van der Waals surface area contributed by atoms with E-state index in [1.165, 1.54) is 0 Å². The molecular formula is C21H26ClN3O. The number of hydrogen-bond donors (Lipinski definition) is 2. The third kappa shape index (κ3) is 4.19. The van der Waals surface area contributed by atoms with Crippen molar-refractivity contribution < 1.29 is 4.74 Å². The van der Waals surface area contributed by atoms with Crippen molar-refractivity contribution in [3.8, 4) is 5.75 Å². The summed E-state index contributed by atoms with van der Waals surface area (Å²) >= 11 is 6.19. The normalized spacial score (nSPS) is 12.5. The first-order valence-corrected chi connectivity index (χ1v) is 9.54. The molecule has 3 aromatic rings. The number of hydrogen-bond acceptors (Lipinski definition) is 4. The highest BCUT2D eigenvalue weighted by molar-refractivity contribution is 6.31. The van der Waals surface area contributed by atoms with Crippen LogP contribution < -0.4 is 15.4 Å². The Morgan fingerprint density at radius 3 is 2.73 bits per heavy atom. The second-order valence-electron chi connectivity index (χ2n) is 6.57. The summed E-state index contributed by atoms with van der Waals surface area (Å²) in [5, 5.41) is 9.93. The smallest absolute Gasteiger partial charge is 0.119 e. The van der Waals surface area contributed by atoms with Gasteiger partial charge in [0.05, 0.1) is 23.8 Å². The molecule has 0 unspecified atom stereocenters. The minimum Gasteiger partial charge on any atom is -0.497 e. The average molecular weight is 372 g/mol. The second kappa shape index (κ2) is 8.56. The predicted molar refractivity (Wildman–Crippen MR) is 112 cm³/mol. The number of anilines is 1. The number of rotatable bonds is 8. The average Bonchev–Trinajstić information content (AvgIpc) is 2.64. The summed E-state index contributed by atoms with van der Waals surface area (Å²) in [5.41, 5.74) is 2.93. The Kier molecular flexibility index (Phi) is 6.17. The van der Waals surface area contributed by atoms with E-state index in [4.69, 9.17) is 21.3 Å². The molecule has 0 bridgehead atoms. The van der Waals surface area contributed by atoms with E-state index >= 15 is 0 Å². The van der Waals surface area contributed by atoms with Crippen molar-refractivity contribution in [2.75, 3.05) is 25.5 Å². The summed E-state index contributed by atoms with van der Waals surface area (Å²) in [6.07, 6.45) is 2.23. The van der Waals surface area contributed by atoms with Crippen LogP contribution in [-0.4, -0.2) is 31.2 Å². The van der Waals surface area contributed by atoms with Crippen LogP contribution in [-0.2, 0) is 0 Å². The number of nitrogens with one attached hydrogen (secondary N) is 2. The Bertz CT molecular complexity index is 897. The maximum absolute atomic E-state index is 6.19. The van der Waals surface area contributed by atoms with E-state index in [2.05, 4.69) is 24.5 Å². The zero-order chi connectivity index (χ0) is 18.5. The van der Waals surface area contributed by atoms with Gasteiger partial charge >= 0.3 is 0 Å². The highest BCUT2D eigenvalue weighted by Crippen LogP contribution is 2.34. The summed E-state index contributed by atoms with van der Waals surface area (Å²) in [7, 11) is 1.69. The van der Waals surface area contributed by atoms with E-state index in [0.717, 1.165) is 59.2 Å². The fourth-order valence-corrected chi connectivity index (χ4v) is 3.37. The van der Waals surface area contributed by atoms with Gasteiger partial charge in [-0.1, -0.05) is 18.5 Å². The number of nitrogens with zero attached hydrogens (tertiary/aromatic N) is 1. The zero-order valence-corrected chi connectivity index (χ0v) is 16.4. The molecule has 1 aromatic heterocycles. The van der Waals surface area contributed by atoms with Gasteiger partial charge in [-0.2, -0.15) is 0 Å². The molecule has 2 aromatic carbocycles. The summed E-state index contributed by atoms with van der Waals surface area (Å²) in [6.45, 7) is 6.42. The number of ether oxygens (including phenoxy) is 1. The van der Waals surface area contributed by atoms with Gasteiger partial charge in [0.1, 0.15) is 5.75 Å². The van der Waals surface area contributed by atoms with Gasteiger partial charge in [-0.25, -0.2) is 4.98 Å². The quantitative estimate of drug-likeness (QED) is 0.420. The van der Waals surface area contributed by atoms with Gasteiger partial charge in [-0.15, -0.1) is 0 Å². The lowest BCUT2D eigenvalue weighted by Gasteiger charge is -2.19. The van der Waals surface area contributed by atoms with Gasteiger partial charge in [0.15, 0.2) is 0 Å². The maximum Gasteiger partial charge on any atom is 0.119 e. The highest BCUT2D eigenvalue weighted by atomic mass is 35.5. The van der Waals surface area contributed by atoms with Crippen LogP contribution in [0.4, 0.5) is 5.69 Å². The number of fused-ring (bicyclic) bond motifs is 2. The number of pyridine rings is 1. The molecule has 4 nitrogen and oxygen atoms in total. The van der Waals surface area contributed by atoms with Crippen LogP contribution in [0.1, 0.15) is 26.7 Å². The lowest BCUT2D eigenvalue weighted by Crippen LogP contribution is -2.20. The summed E-state index contributed by atoms with van der Waals surface area (Å²) < 4.78 is 5.42. The van der Waals surface area contributed by atoms with E-state index in [1.807, 2.05) is 36.4 Å². The number of aromatic nitrogens is 1. The Hall–Kier alpha value is -2.04. The van der Waals surface area contributed by atoms with Crippen LogP contribution in [0, 0.1) is 0 Å². The van der Waals surface area contributed by atoms with Crippen LogP contribution >= 0.6 is 11.6 Å². The second-order valence-corrected chi connectivity index (χ2v) is 7.01. The maximum atomic E-state index is 6.19. The molecule has 0 aliphatic heterocycles. The molecule has 5 heteroatoms. The van der Waals surface area contributed by atoms with Gasteiger partial charge < -0.3 is 15.4 Å². The molecule has 0 saturated heterocycles. The van der Waals surface area contributed by atoms with Gasteiger partial charge in [0.2, 0.25) is 0 Å². The van der Waals surface area contributed by atoms with Gasteiger partial charge in [0.25, 0.3) is 0 Å². The van der Waals surface area contributed by atoms with Crippen molar-refractivity contribution in [1.29, 1.82) is 0 Å². The van der Waals surface area contributed by atoms with Crippen LogP contribution in [0.2, 0.25) is 5.02 Å². The molecule has 0 radical (unpaired) electrons. The molecule has 0 aliphatic rings. The van der Waals surface area contributed by atoms with Crippen LogP contribution in [0.25, 0.3) is 21.8 Å². The SMILES string of the molecule is CCNCCC[C@@H](C)Nc1c2ccc(Cl)cc2nc2ccc(OC)cc12. The first kappa shape index (κ1) is 18.7. The minimum absolute atomic E-state index is 0.351. The van der Waals surface area contributed by atoms with Gasteiger partial charge in [-0.05, 0) is 69.3 Å². The van der Waals surface area contributed by atoms with E-state index < -0.39 is 0 Å². The topological polar surface area (TPSA) is 46.2 Å². The standard InChI is InChI=1S/C21H26ClN3O/c1-4-23-11-5-6-14(2)24-21-17-9-7-15(22)12-20(17)25-19-10-8-16(26-3)13-18(19)21/h7-10,12-14,23H,4-6,11H2,1-3H3,(H,24,25)/t14-/m1/s1. The largest absolute Gasteiger partial charge is 0.497 e. The molecule has 0 aliphatic carbocycles. The Morgan fingerprint density at radius 1 is 1.12 bits per heavy atom. The molecule has 0 spiro atoms. The van der Waals surface area contributed by atoms with E-state index in [9.17, 15) is 0 Å². The lowest BCUT2D eigenvalue weighted by molar-refractivity contribution is 0.415. The van der Waals surface area contributed by atoms with Crippen molar-refractivity contribution in [1.82, 2.24) is 10.3 Å². The number of methoxy groups -OCH3 is 1. The van der Waals surface area contributed by atoms with Crippen molar-refractivity contribution in [3.63, 3.8) is 0 Å². The molecule has 0 fully saturated rings. The fourth-order valence-electron chi connectivity index (χ4n) is 3.21. The van der Waals surface area contributed by atoms with E-state index in [1.54, 1.807) is 7.11 Å². The van der Waals surface area contributed by atoms with Gasteiger partial charge in [0, 0.05) is 21.8 Å². The molecular weight excluding hydrogens is 346 g/mol. The van der Waals surface area contributed by atoms with E-state index in [-0.39, 0.29) is 0 Å². The lowest BCUT2D eigenvalue weighted by atomic mass is 10.1. The number of benzene rings is 2. The highest BCUT2D eigenvalue weighted by Gasteiger charge is 2.13. The zero-order valence-electron chi connectivity index (χ0n) is 15.6. The predicted octanol–water partition coefficient (Wildman–Crippen LogP) is 5.24. The summed E-state index contributed by atoms with van der Waals surface area (Å²) in [6, 6.07) is 12.2. The van der Waals surface area contributed by atoms with Crippen molar-refractivity contribution >= 4 is 39.1 Å². The Balaban J connectivity index is 2.00. The third-order valence-electron chi connectivity index (χ3n) is 4.57. The molecule has 1 atom stereocenters. The first-order valence-electron chi connectivity index (χ1n) is 9.16. The summed E-state index contributed by atoms with van der Waals surface area (Å²) in [4.78, 5) is 4.78. The van der Waals surface area contributed by atoms with Crippen molar-refractivity contribution in [3.05, 3.63) is 41.4 Å². The summed E-state index contributed by atoms with van der Waals surface area (Å²) in [5.74, 6) is 0.829. The molecule has 0 amide bonds. The Morgan fingerprint density at radius 2 is 1.96 bits per heavy atom. The molecule has 138 valence electrons. The van der Waals surface area contributed by atoms with E-state index in [0.29, 0.717) is 11.1 Å². The monoisotopic (exact) mass is 371 g/mol. The third-order valence-corrected chi connectivity index (χ3v) is 4.81. The first-order chi connectivity index (χ1) is 12.6. The van der Waals surface area contributed by atoms with Crippen molar-refractivity contribution in [2.45, 2.75) is 32.7 Å². The van der Waals surface area contributed by atoms with Crippen LogP contribution in [0.5, 0.6) is 5.75 Å². The van der Waals surface area contributed by atoms with Crippen molar-refractivity contribution in [2.24, 2.45) is 0 Å². The molecule has 2 N–H and O–H groups in total. The Labute approximate surface area is 159 Å². The molecule has 1 heterocycles. The molecule has 26 heavy (non-hydrogen) atoms.